The van der Waals surface area contributed by atoms with Crippen molar-refractivity contribution in [3.63, 3.8) is 0 Å². The number of aliphatic hydroxyl groups excluding tert-OH is 1. The van der Waals surface area contributed by atoms with E-state index in [-0.39, 0.29) is 12.1 Å². The van der Waals surface area contributed by atoms with Crippen molar-refractivity contribution in [2.24, 2.45) is 0 Å². The number of aliphatic hydroxyl groups is 1. The molecule has 0 saturated carbocycles. The molecule has 2 aromatic rings. The Balaban J connectivity index is 1.83. The summed E-state index contributed by atoms with van der Waals surface area (Å²) in [6, 6.07) is 8.23. The Morgan fingerprint density at radius 1 is 1.48 bits per heavy atom. The van der Waals surface area contributed by atoms with Crippen molar-refractivity contribution in [1.82, 2.24) is 10.1 Å². The first-order valence-corrected chi connectivity index (χ1v) is 7.13. The number of aromatic nitrogens is 1. The molecule has 5 nitrogen and oxygen atoms in total. The summed E-state index contributed by atoms with van der Waals surface area (Å²) >= 11 is 0. The molecule has 112 valence electrons. The average Bonchev–Trinajstić information content (AvgIpc) is 3.06. The van der Waals surface area contributed by atoms with Gasteiger partial charge in [-0.15, -0.1) is 0 Å². The predicted octanol–water partition coefficient (Wildman–Crippen LogP) is 2.30. The van der Waals surface area contributed by atoms with Gasteiger partial charge < -0.3 is 14.4 Å². The second-order valence-corrected chi connectivity index (χ2v) is 5.52. The zero-order chi connectivity index (χ0) is 14.8. The molecule has 1 fully saturated rings. The van der Waals surface area contributed by atoms with E-state index in [9.17, 15) is 5.11 Å². The molecule has 1 aliphatic heterocycles. The van der Waals surface area contributed by atoms with Crippen molar-refractivity contribution in [1.29, 1.82) is 0 Å². The maximum Gasteiger partial charge on any atom is 0.138 e. The molecule has 1 aromatic carbocycles. The average molecular weight is 288 g/mol. The van der Waals surface area contributed by atoms with Gasteiger partial charge in [0.05, 0.1) is 19.4 Å². The van der Waals surface area contributed by atoms with Crippen LogP contribution in [0.3, 0.4) is 0 Å². The highest BCUT2D eigenvalue weighted by atomic mass is 16.5. The van der Waals surface area contributed by atoms with Gasteiger partial charge in [0.25, 0.3) is 0 Å². The molecule has 5 heteroatoms. The summed E-state index contributed by atoms with van der Waals surface area (Å²) in [5.41, 5.74) is 2.23. The number of likely N-dealkylation sites (tertiary alicyclic amines) is 1. The summed E-state index contributed by atoms with van der Waals surface area (Å²) in [6.07, 6.45) is 2.18. The molecule has 2 atom stereocenters. The second-order valence-electron chi connectivity index (χ2n) is 5.52. The number of hydrogen-bond donors (Lipinski definition) is 1. The molecule has 1 aliphatic rings. The Morgan fingerprint density at radius 3 is 3.05 bits per heavy atom. The lowest BCUT2D eigenvalue weighted by atomic mass is 10.0. The molecule has 0 radical (unpaired) electrons. The van der Waals surface area contributed by atoms with Crippen LogP contribution < -0.4 is 4.74 Å². The Labute approximate surface area is 124 Å². The summed E-state index contributed by atoms with van der Waals surface area (Å²) in [5, 5.41) is 13.9. The normalized spacial score (nSPS) is 22.6. The lowest BCUT2D eigenvalue weighted by Gasteiger charge is -2.24. The summed E-state index contributed by atoms with van der Waals surface area (Å²) < 4.78 is 10.4. The second kappa shape index (κ2) is 5.87. The molecule has 21 heavy (non-hydrogen) atoms. The van der Waals surface area contributed by atoms with Crippen LogP contribution in [-0.4, -0.2) is 34.9 Å². The van der Waals surface area contributed by atoms with Crippen molar-refractivity contribution < 1.29 is 14.4 Å². The number of nitrogens with zero attached hydrogens (tertiary/aromatic N) is 2. The van der Waals surface area contributed by atoms with Gasteiger partial charge in [-0.2, -0.15) is 0 Å². The van der Waals surface area contributed by atoms with E-state index in [4.69, 9.17) is 9.26 Å². The summed E-state index contributed by atoms with van der Waals surface area (Å²) in [5.74, 6) is 1.68. The Hall–Kier alpha value is -1.85. The lowest BCUT2D eigenvalue weighted by Crippen LogP contribution is -2.24. The van der Waals surface area contributed by atoms with Crippen LogP contribution in [0.15, 0.2) is 35.0 Å². The smallest absolute Gasteiger partial charge is 0.138 e. The van der Waals surface area contributed by atoms with Gasteiger partial charge in [0.1, 0.15) is 11.5 Å². The van der Waals surface area contributed by atoms with E-state index in [1.54, 1.807) is 13.3 Å². The van der Waals surface area contributed by atoms with Crippen LogP contribution in [0, 0.1) is 6.92 Å². The van der Waals surface area contributed by atoms with Gasteiger partial charge in [-0.25, -0.2) is 0 Å². The van der Waals surface area contributed by atoms with Gasteiger partial charge >= 0.3 is 0 Å². The molecule has 1 saturated heterocycles. The summed E-state index contributed by atoms with van der Waals surface area (Å²) in [7, 11) is 1.67. The largest absolute Gasteiger partial charge is 0.497 e. The highest BCUT2D eigenvalue weighted by molar-refractivity contribution is 5.31. The third-order valence-corrected chi connectivity index (χ3v) is 4.08. The van der Waals surface area contributed by atoms with E-state index in [1.807, 2.05) is 25.1 Å². The number of ether oxygens (including phenoxy) is 1. The first-order chi connectivity index (χ1) is 10.2. The minimum Gasteiger partial charge on any atom is -0.497 e. The number of aryl methyl sites for hydroxylation is 1. The fourth-order valence-electron chi connectivity index (χ4n) is 2.94. The van der Waals surface area contributed by atoms with Crippen molar-refractivity contribution >= 4 is 0 Å². The highest BCUT2D eigenvalue weighted by Gasteiger charge is 2.32. The maximum atomic E-state index is 10.0. The number of β-amino-alcohol motifs (C(OH)–C–C–N with tert-alkyl or cyclic N) is 1. The fraction of sp³-hybridized carbons (Fsp3) is 0.438. The summed E-state index contributed by atoms with van der Waals surface area (Å²) in [6.45, 7) is 3.30. The molecule has 0 amide bonds. The zero-order valence-corrected chi connectivity index (χ0v) is 12.3. The van der Waals surface area contributed by atoms with E-state index in [1.165, 1.54) is 5.56 Å². The number of rotatable bonds is 4. The van der Waals surface area contributed by atoms with Crippen LogP contribution >= 0.6 is 0 Å². The van der Waals surface area contributed by atoms with Gasteiger partial charge in [0.15, 0.2) is 0 Å². The van der Waals surface area contributed by atoms with Crippen LogP contribution in [-0.2, 0) is 6.54 Å². The van der Waals surface area contributed by atoms with Crippen LogP contribution in [0.4, 0.5) is 0 Å². The van der Waals surface area contributed by atoms with E-state index < -0.39 is 0 Å². The molecule has 0 spiro atoms. The Bertz CT molecular complexity index is 611. The van der Waals surface area contributed by atoms with Crippen molar-refractivity contribution in [2.75, 3.05) is 13.7 Å². The third kappa shape index (κ3) is 2.94. The van der Waals surface area contributed by atoms with Gasteiger partial charge in [-0.3, -0.25) is 4.90 Å². The summed E-state index contributed by atoms with van der Waals surface area (Å²) in [4.78, 5) is 2.26. The van der Waals surface area contributed by atoms with E-state index >= 15 is 0 Å². The number of benzene rings is 1. The third-order valence-electron chi connectivity index (χ3n) is 4.08. The van der Waals surface area contributed by atoms with Crippen molar-refractivity contribution in [3.8, 4) is 5.75 Å². The predicted molar refractivity (Wildman–Crippen MR) is 78.0 cm³/mol. The molecule has 2 heterocycles. The molecule has 1 aromatic heterocycles. The van der Waals surface area contributed by atoms with Crippen LogP contribution in [0.25, 0.3) is 0 Å². The van der Waals surface area contributed by atoms with Crippen molar-refractivity contribution in [3.05, 3.63) is 47.3 Å². The molecule has 1 N–H and O–H groups in total. The van der Waals surface area contributed by atoms with E-state index in [0.717, 1.165) is 30.0 Å². The number of hydrogen-bond acceptors (Lipinski definition) is 5. The Kier molecular flexibility index (Phi) is 3.94. The van der Waals surface area contributed by atoms with E-state index in [2.05, 4.69) is 16.1 Å². The Morgan fingerprint density at radius 2 is 2.33 bits per heavy atom. The van der Waals surface area contributed by atoms with Crippen LogP contribution in [0.5, 0.6) is 5.75 Å². The van der Waals surface area contributed by atoms with Crippen molar-refractivity contribution in [2.45, 2.75) is 32.0 Å². The van der Waals surface area contributed by atoms with E-state index in [0.29, 0.717) is 6.54 Å². The fourth-order valence-corrected chi connectivity index (χ4v) is 2.94. The monoisotopic (exact) mass is 288 g/mol. The quantitative estimate of drug-likeness (QED) is 0.935. The maximum absolute atomic E-state index is 10.0. The van der Waals surface area contributed by atoms with Gasteiger partial charge in [-0.1, -0.05) is 17.3 Å². The van der Waals surface area contributed by atoms with Gasteiger partial charge in [0, 0.05) is 24.7 Å². The van der Waals surface area contributed by atoms with Gasteiger partial charge in [0.2, 0.25) is 0 Å². The van der Waals surface area contributed by atoms with Crippen LogP contribution in [0.1, 0.15) is 29.3 Å². The first-order valence-electron chi connectivity index (χ1n) is 7.13. The zero-order valence-electron chi connectivity index (χ0n) is 12.3. The molecule has 0 aliphatic carbocycles. The van der Waals surface area contributed by atoms with Crippen LogP contribution in [0.2, 0.25) is 0 Å². The standard InChI is InChI=1S/C16H20N2O3/c1-11-13(8-17-21-11)9-18-10-14(19)7-16(18)12-4-3-5-15(6-12)20-2/h3-6,8,14,16,19H,7,9-10H2,1-2H3/t14-,16-/m1/s1. The molecule has 3 rings (SSSR count). The molecule has 0 unspecified atom stereocenters. The molecular formula is C16H20N2O3. The highest BCUT2D eigenvalue weighted by Crippen LogP contribution is 2.35. The topological polar surface area (TPSA) is 58.7 Å². The van der Waals surface area contributed by atoms with Gasteiger partial charge in [-0.05, 0) is 31.0 Å². The molecular weight excluding hydrogens is 268 g/mol. The number of methoxy groups -OCH3 is 1. The minimum absolute atomic E-state index is 0.185. The minimum atomic E-state index is -0.304. The SMILES string of the molecule is COc1cccc([C@H]2C[C@@H](O)CN2Cc2cnoc2C)c1. The first kappa shape index (κ1) is 14.1. The molecule has 0 bridgehead atoms. The lowest BCUT2D eigenvalue weighted by molar-refractivity contribution is 0.172.